The number of aryl methyl sites for hydroxylation is 4. The van der Waals surface area contributed by atoms with Gasteiger partial charge in [-0.2, -0.15) is 5.26 Å². The number of nitriles is 1. The molecule has 3 aliphatic carbocycles. The van der Waals surface area contributed by atoms with Crippen LogP contribution >= 0.6 is 30.5 Å². The Kier molecular flexibility index (Phi) is 21.3. The summed E-state index contributed by atoms with van der Waals surface area (Å²) in [4.78, 5) is 30.9. The van der Waals surface area contributed by atoms with Crippen molar-refractivity contribution in [2.45, 2.75) is 78.1 Å². The summed E-state index contributed by atoms with van der Waals surface area (Å²) in [6.45, 7) is 2.17. The number of ketones is 1. The van der Waals surface area contributed by atoms with Crippen LogP contribution in [0.15, 0.2) is 188 Å². The molecule has 0 heterocycles. The van der Waals surface area contributed by atoms with Crippen molar-refractivity contribution in [3.05, 3.63) is 231 Å². The summed E-state index contributed by atoms with van der Waals surface area (Å²) in [5, 5.41) is 28.9. The molecule has 6 nitrogen and oxygen atoms in total. The molecule has 69 heavy (non-hydrogen) atoms. The first-order valence-electron chi connectivity index (χ1n) is 23.2. The molecular weight excluding hydrogens is 1080 g/mol. The number of carboxylic acid groups (broad SMARTS) is 2. The Labute approximate surface area is 436 Å². The Bertz CT molecular complexity index is 2630. The van der Waals surface area contributed by atoms with Crippen LogP contribution in [0.1, 0.15) is 83.3 Å². The summed E-state index contributed by atoms with van der Waals surface area (Å²) < 4.78 is 1.27. The average molecular weight is 1140 g/mol. The summed E-state index contributed by atoms with van der Waals surface area (Å²) >= 11 is 2.38. The maximum atomic E-state index is 12.9. The van der Waals surface area contributed by atoms with Gasteiger partial charge in [-0.05, 0) is 150 Å². The second kappa shape index (κ2) is 27.0. The van der Waals surface area contributed by atoms with Gasteiger partial charge in [-0.1, -0.05) is 182 Å². The third-order valence-electron chi connectivity index (χ3n) is 12.8. The number of halogens is 1. The standard InChI is InChI=1S/C19H18IN.C19H18O.C18H15P.2C2H4O2.Pd/c20-18-8-4-3-7-17(18)13-19(14-21)11-9-15-5-1-2-6-16(15)10-12-19;20-18-17-8-4-3-7-16(17)13-19(18)11-9-14-5-1-2-6-15(14)10-12-19;1-4-10-16(11-5-1)19(17-12-6-2-7-13-17)18-14-8-3-9-15-18;2*1-2(3)4;/h1-8H,9-13H2;1-8H,9-13H2;1-15H;2*1H3,(H,3,4);. The number of aliphatic carboxylic acids is 2. The Morgan fingerprint density at radius 2 is 0.870 bits per heavy atom. The Balaban J connectivity index is 0.000000178. The van der Waals surface area contributed by atoms with Crippen molar-refractivity contribution in [2.75, 3.05) is 0 Å². The average Bonchev–Trinajstić information content (AvgIpc) is 3.46. The van der Waals surface area contributed by atoms with Crippen LogP contribution in [0.5, 0.6) is 0 Å². The van der Waals surface area contributed by atoms with E-state index in [2.05, 4.69) is 205 Å². The van der Waals surface area contributed by atoms with E-state index in [4.69, 9.17) is 19.8 Å². The normalized spacial score (nSPS) is 14.3. The molecule has 7 aromatic carbocycles. The Morgan fingerprint density at radius 3 is 1.25 bits per heavy atom. The van der Waals surface area contributed by atoms with Crippen LogP contribution in [0.4, 0.5) is 0 Å². The molecule has 0 radical (unpaired) electrons. The molecule has 9 heteroatoms. The van der Waals surface area contributed by atoms with Crippen molar-refractivity contribution in [2.24, 2.45) is 10.8 Å². The van der Waals surface area contributed by atoms with E-state index in [1.165, 1.54) is 52.9 Å². The summed E-state index contributed by atoms with van der Waals surface area (Å²) in [5.41, 5.74) is 8.91. The van der Waals surface area contributed by atoms with Gasteiger partial charge in [0.1, 0.15) is 0 Å². The fourth-order valence-corrected chi connectivity index (χ4v) is 12.3. The molecule has 2 N–H and O–H groups in total. The van der Waals surface area contributed by atoms with Crippen molar-refractivity contribution in [1.82, 2.24) is 0 Å². The second-order valence-corrected chi connectivity index (χ2v) is 20.9. The SMILES string of the molecule is CC(=O)O.CC(=O)O.N#CC1(Cc2ccccc2I)CCc2ccccc2CC1.O=C1c2ccccc2CC12CCc1ccccc1CC2.[Pd].c1ccc(P(c2ccccc2)c2ccccc2)cc1. The first-order chi connectivity index (χ1) is 32.9. The Hall–Kier alpha value is -5.54. The van der Waals surface area contributed by atoms with Crippen LogP contribution < -0.4 is 15.9 Å². The zero-order chi connectivity index (χ0) is 48.4. The maximum absolute atomic E-state index is 12.9. The predicted molar refractivity (Wildman–Crippen MR) is 286 cm³/mol. The van der Waals surface area contributed by atoms with Crippen LogP contribution in [0.2, 0.25) is 0 Å². The molecule has 0 atom stereocenters. The van der Waals surface area contributed by atoms with Gasteiger partial charge >= 0.3 is 0 Å². The molecule has 0 fully saturated rings. The summed E-state index contributed by atoms with van der Waals surface area (Å²) in [6.07, 6.45) is 9.85. The third kappa shape index (κ3) is 15.5. The van der Waals surface area contributed by atoms with E-state index in [1.807, 2.05) is 12.1 Å². The van der Waals surface area contributed by atoms with Crippen LogP contribution in [-0.4, -0.2) is 27.9 Å². The number of rotatable bonds is 5. The zero-order valence-corrected chi connectivity index (χ0v) is 43.8. The van der Waals surface area contributed by atoms with Gasteiger partial charge in [0.25, 0.3) is 11.9 Å². The van der Waals surface area contributed by atoms with E-state index in [9.17, 15) is 10.1 Å². The van der Waals surface area contributed by atoms with Crippen LogP contribution in [0, 0.1) is 25.7 Å². The van der Waals surface area contributed by atoms with Crippen molar-refractivity contribution in [3.63, 3.8) is 0 Å². The van der Waals surface area contributed by atoms with Gasteiger partial charge < -0.3 is 10.2 Å². The Morgan fingerprint density at radius 1 is 0.536 bits per heavy atom. The van der Waals surface area contributed by atoms with Gasteiger partial charge in [0.2, 0.25) is 0 Å². The van der Waals surface area contributed by atoms with E-state index in [1.54, 1.807) is 0 Å². The number of carbonyl (C=O) groups is 3. The molecule has 10 rings (SSSR count). The quantitative estimate of drug-likeness (QED) is 0.0768. The minimum absolute atomic E-state index is 0. The zero-order valence-electron chi connectivity index (χ0n) is 39.2. The largest absolute Gasteiger partial charge is 0.481 e. The topological polar surface area (TPSA) is 115 Å². The molecule has 3 aliphatic rings. The fraction of sp³-hybridized carbons (Fsp3) is 0.233. The minimum atomic E-state index is -0.833. The number of hydrogen-bond acceptors (Lipinski definition) is 4. The molecule has 356 valence electrons. The first-order valence-corrected chi connectivity index (χ1v) is 25.6. The first kappa shape index (κ1) is 54.4. The van der Waals surface area contributed by atoms with E-state index in [0.717, 1.165) is 83.6 Å². The number of carboxylic acids is 2. The molecule has 0 bridgehead atoms. The maximum Gasteiger partial charge on any atom is 0.300 e. The number of hydrogen-bond donors (Lipinski definition) is 2. The van der Waals surface area contributed by atoms with E-state index in [-0.39, 0.29) is 31.3 Å². The number of carbonyl (C=O) groups excluding carboxylic acids is 1. The van der Waals surface area contributed by atoms with Crippen molar-refractivity contribution >= 4 is 64.1 Å². The van der Waals surface area contributed by atoms with Gasteiger partial charge in [0.05, 0.1) is 11.5 Å². The number of Topliss-reactive ketones (excluding diaryl/α,β-unsaturated/α-hetero) is 1. The number of benzene rings is 7. The summed E-state index contributed by atoms with van der Waals surface area (Å²) in [6, 6.07) is 68.9. The number of fused-ring (bicyclic) bond motifs is 3. The summed E-state index contributed by atoms with van der Waals surface area (Å²) in [7, 11) is -0.446. The van der Waals surface area contributed by atoms with Crippen LogP contribution in [0.3, 0.4) is 0 Å². The summed E-state index contributed by atoms with van der Waals surface area (Å²) in [5.74, 6) is -1.28. The number of nitrogens with zero attached hydrogens (tertiary/aromatic N) is 1. The molecule has 1 spiro atoms. The molecule has 0 aliphatic heterocycles. The van der Waals surface area contributed by atoms with Gasteiger partial charge in [0, 0.05) is 48.8 Å². The van der Waals surface area contributed by atoms with Crippen molar-refractivity contribution < 1.29 is 45.0 Å². The second-order valence-electron chi connectivity index (χ2n) is 17.5. The molecule has 0 unspecified atom stereocenters. The molecular formula is C60H59INO5PPd. The van der Waals surface area contributed by atoms with E-state index >= 15 is 0 Å². The van der Waals surface area contributed by atoms with Crippen molar-refractivity contribution in [3.8, 4) is 6.07 Å². The van der Waals surface area contributed by atoms with E-state index < -0.39 is 19.9 Å². The van der Waals surface area contributed by atoms with Crippen LogP contribution in [0.25, 0.3) is 0 Å². The minimum Gasteiger partial charge on any atom is -0.481 e. The molecule has 0 saturated carbocycles. The third-order valence-corrected chi connectivity index (χ3v) is 16.3. The predicted octanol–water partition coefficient (Wildman–Crippen LogP) is 12.5. The van der Waals surface area contributed by atoms with Gasteiger partial charge in [-0.3, -0.25) is 14.4 Å². The van der Waals surface area contributed by atoms with Crippen molar-refractivity contribution in [1.29, 1.82) is 5.26 Å². The molecule has 0 amide bonds. The fourth-order valence-electron chi connectivity index (χ4n) is 9.38. The molecule has 0 aromatic heterocycles. The van der Waals surface area contributed by atoms with Gasteiger partial charge in [0.15, 0.2) is 5.78 Å². The molecule has 0 saturated heterocycles. The van der Waals surface area contributed by atoms with Crippen LogP contribution in [-0.2, 0) is 68.5 Å². The van der Waals surface area contributed by atoms with Gasteiger partial charge in [-0.25, -0.2) is 0 Å². The van der Waals surface area contributed by atoms with E-state index in [0.29, 0.717) is 5.78 Å². The van der Waals surface area contributed by atoms with Gasteiger partial charge in [-0.15, -0.1) is 0 Å². The smallest absolute Gasteiger partial charge is 0.300 e. The molecule has 7 aromatic rings. The monoisotopic (exact) mass is 1140 g/mol.